The molecule has 88 valence electrons. The van der Waals surface area contributed by atoms with Crippen molar-refractivity contribution >= 4 is 17.1 Å². The summed E-state index contributed by atoms with van der Waals surface area (Å²) in [6.45, 7) is 1.51. The Balaban J connectivity index is 2.31. The van der Waals surface area contributed by atoms with Gasteiger partial charge >= 0.3 is 0 Å². The summed E-state index contributed by atoms with van der Waals surface area (Å²) in [5.41, 5.74) is -1.23. The number of hydrogen-bond donors (Lipinski definition) is 1. The van der Waals surface area contributed by atoms with Gasteiger partial charge in [-0.05, 0) is 37.1 Å². The van der Waals surface area contributed by atoms with E-state index in [1.54, 1.807) is 0 Å². The lowest BCUT2D eigenvalue weighted by molar-refractivity contribution is -0.143. The van der Waals surface area contributed by atoms with Crippen LogP contribution in [-0.2, 0) is 10.4 Å². The number of ketones is 1. The van der Waals surface area contributed by atoms with Gasteiger partial charge in [0.25, 0.3) is 0 Å². The molecule has 0 bridgehead atoms. The van der Waals surface area contributed by atoms with Crippen LogP contribution in [0.2, 0.25) is 0 Å². The molecular weight excluding hydrogens is 220 g/mol. The monoisotopic (exact) mass is 238 g/mol. The Hall–Kier alpha value is -0.670. The quantitative estimate of drug-likeness (QED) is 0.878. The molecule has 16 heavy (non-hydrogen) atoms. The molecule has 0 aromatic carbocycles. The average molecular weight is 238 g/mol. The van der Waals surface area contributed by atoms with Crippen LogP contribution < -0.4 is 0 Å². The second kappa shape index (κ2) is 4.68. The van der Waals surface area contributed by atoms with Crippen LogP contribution in [0.15, 0.2) is 17.5 Å². The van der Waals surface area contributed by atoms with Crippen molar-refractivity contribution < 1.29 is 9.90 Å². The van der Waals surface area contributed by atoms with Crippen LogP contribution >= 0.6 is 11.3 Å². The molecule has 1 N–H and O–H groups in total. The van der Waals surface area contributed by atoms with E-state index in [0.29, 0.717) is 0 Å². The first-order valence-corrected chi connectivity index (χ1v) is 6.81. The highest BCUT2D eigenvalue weighted by atomic mass is 32.1. The van der Waals surface area contributed by atoms with Crippen molar-refractivity contribution in [3.63, 3.8) is 0 Å². The van der Waals surface area contributed by atoms with Gasteiger partial charge in [0.2, 0.25) is 0 Å². The second-order valence-corrected chi connectivity index (χ2v) is 5.58. The highest BCUT2D eigenvalue weighted by Crippen LogP contribution is 2.41. The van der Waals surface area contributed by atoms with Gasteiger partial charge in [0.1, 0.15) is 0 Å². The Labute approximate surface area is 100 Å². The number of rotatable bonds is 3. The molecule has 0 amide bonds. The van der Waals surface area contributed by atoms with Crippen LogP contribution in [-0.4, -0.2) is 10.9 Å². The van der Waals surface area contributed by atoms with Gasteiger partial charge in [0.15, 0.2) is 11.4 Å². The fraction of sp³-hybridized carbons (Fsp3) is 0.615. The predicted molar refractivity (Wildman–Crippen MR) is 65.5 cm³/mol. The fourth-order valence-corrected chi connectivity index (χ4v) is 3.63. The van der Waals surface area contributed by atoms with Gasteiger partial charge in [0, 0.05) is 4.88 Å². The Bertz CT molecular complexity index is 352. The minimum Gasteiger partial charge on any atom is -0.376 e. The third-order valence-electron chi connectivity index (χ3n) is 3.63. The summed E-state index contributed by atoms with van der Waals surface area (Å²) < 4.78 is 0. The van der Waals surface area contributed by atoms with E-state index < -0.39 is 5.60 Å². The summed E-state index contributed by atoms with van der Waals surface area (Å²) in [5, 5.41) is 12.7. The number of aliphatic hydroxyl groups is 1. The molecule has 0 spiro atoms. The van der Waals surface area contributed by atoms with Gasteiger partial charge in [-0.3, -0.25) is 4.79 Å². The van der Waals surface area contributed by atoms with Crippen LogP contribution in [0, 0.1) is 5.92 Å². The van der Waals surface area contributed by atoms with Crippen molar-refractivity contribution in [3.8, 4) is 0 Å². The number of Topliss-reactive ketones (excluding diaryl/α,β-unsaturated/α-hetero) is 1. The zero-order valence-electron chi connectivity index (χ0n) is 9.61. The van der Waals surface area contributed by atoms with Crippen molar-refractivity contribution in [1.82, 2.24) is 0 Å². The van der Waals surface area contributed by atoms with E-state index >= 15 is 0 Å². The molecule has 0 aliphatic heterocycles. The van der Waals surface area contributed by atoms with E-state index in [0.717, 1.165) is 30.6 Å². The maximum atomic E-state index is 11.8. The number of carbonyl (C=O) groups excluding carboxylic acids is 1. The van der Waals surface area contributed by atoms with E-state index in [9.17, 15) is 9.90 Å². The smallest absolute Gasteiger partial charge is 0.166 e. The SMILES string of the molecule is CC(=O)C(O)(c1cccs1)C1CCCCC1. The molecule has 1 aliphatic carbocycles. The van der Waals surface area contributed by atoms with Gasteiger partial charge in [-0.15, -0.1) is 11.3 Å². The highest BCUT2D eigenvalue weighted by Gasteiger charge is 2.43. The van der Waals surface area contributed by atoms with Crippen LogP contribution in [0.25, 0.3) is 0 Å². The Kier molecular flexibility index (Phi) is 3.45. The molecule has 1 aromatic rings. The lowest BCUT2D eigenvalue weighted by atomic mass is 9.74. The molecule has 0 radical (unpaired) electrons. The summed E-state index contributed by atoms with van der Waals surface area (Å²) in [4.78, 5) is 12.6. The highest BCUT2D eigenvalue weighted by molar-refractivity contribution is 7.10. The summed E-state index contributed by atoms with van der Waals surface area (Å²) >= 11 is 1.48. The summed E-state index contributed by atoms with van der Waals surface area (Å²) in [6, 6.07) is 3.78. The number of thiophene rings is 1. The number of carbonyl (C=O) groups is 1. The van der Waals surface area contributed by atoms with E-state index in [1.807, 2.05) is 17.5 Å². The van der Waals surface area contributed by atoms with Crippen LogP contribution in [0.5, 0.6) is 0 Å². The van der Waals surface area contributed by atoms with E-state index in [2.05, 4.69) is 0 Å². The van der Waals surface area contributed by atoms with E-state index in [1.165, 1.54) is 24.7 Å². The molecule has 0 saturated heterocycles. The van der Waals surface area contributed by atoms with E-state index in [4.69, 9.17) is 0 Å². The average Bonchev–Trinajstić information content (AvgIpc) is 2.82. The third kappa shape index (κ3) is 1.94. The predicted octanol–water partition coefficient (Wildman–Crippen LogP) is 3.11. The molecule has 1 unspecified atom stereocenters. The van der Waals surface area contributed by atoms with Crippen molar-refractivity contribution in [2.45, 2.75) is 44.6 Å². The molecular formula is C13H18O2S. The number of hydrogen-bond acceptors (Lipinski definition) is 3. The second-order valence-electron chi connectivity index (χ2n) is 4.63. The summed E-state index contributed by atoms with van der Waals surface area (Å²) in [7, 11) is 0. The van der Waals surface area contributed by atoms with Gasteiger partial charge in [0.05, 0.1) is 0 Å². The third-order valence-corrected chi connectivity index (χ3v) is 4.62. The molecule has 1 heterocycles. The first kappa shape index (κ1) is 11.8. The minimum absolute atomic E-state index is 0.109. The minimum atomic E-state index is -1.23. The van der Waals surface area contributed by atoms with Crippen molar-refractivity contribution in [2.24, 2.45) is 5.92 Å². The lowest BCUT2D eigenvalue weighted by Gasteiger charge is -2.35. The molecule has 2 rings (SSSR count). The summed E-state index contributed by atoms with van der Waals surface area (Å²) in [6.07, 6.45) is 5.42. The van der Waals surface area contributed by atoms with Crippen molar-refractivity contribution in [2.75, 3.05) is 0 Å². The van der Waals surface area contributed by atoms with Crippen LogP contribution in [0.3, 0.4) is 0 Å². The zero-order valence-corrected chi connectivity index (χ0v) is 10.4. The molecule has 1 fully saturated rings. The zero-order chi connectivity index (χ0) is 11.6. The lowest BCUT2D eigenvalue weighted by Crippen LogP contribution is -2.42. The molecule has 1 atom stereocenters. The van der Waals surface area contributed by atoms with Crippen molar-refractivity contribution in [3.05, 3.63) is 22.4 Å². The first-order valence-electron chi connectivity index (χ1n) is 5.93. The molecule has 2 nitrogen and oxygen atoms in total. The molecule has 1 aromatic heterocycles. The van der Waals surface area contributed by atoms with Gasteiger partial charge < -0.3 is 5.11 Å². The first-order chi connectivity index (χ1) is 7.65. The van der Waals surface area contributed by atoms with Crippen LogP contribution in [0.1, 0.15) is 43.9 Å². The van der Waals surface area contributed by atoms with Gasteiger partial charge in [-0.2, -0.15) is 0 Å². The van der Waals surface area contributed by atoms with Gasteiger partial charge in [-0.1, -0.05) is 25.3 Å². The fourth-order valence-electron chi connectivity index (χ4n) is 2.68. The van der Waals surface area contributed by atoms with Crippen molar-refractivity contribution in [1.29, 1.82) is 0 Å². The molecule has 3 heteroatoms. The standard InChI is InChI=1S/C13H18O2S/c1-10(14)13(15,12-8-5-9-16-12)11-6-3-2-4-7-11/h5,8-9,11,15H,2-4,6-7H2,1H3. The Morgan fingerprint density at radius 2 is 2.12 bits per heavy atom. The van der Waals surface area contributed by atoms with E-state index in [-0.39, 0.29) is 11.7 Å². The maximum Gasteiger partial charge on any atom is 0.166 e. The Morgan fingerprint density at radius 1 is 1.44 bits per heavy atom. The molecule has 1 saturated carbocycles. The molecule has 1 aliphatic rings. The Morgan fingerprint density at radius 3 is 2.62 bits per heavy atom. The summed E-state index contributed by atoms with van der Waals surface area (Å²) in [5.74, 6) is -0.000694. The van der Waals surface area contributed by atoms with Crippen LogP contribution in [0.4, 0.5) is 0 Å². The largest absolute Gasteiger partial charge is 0.376 e. The topological polar surface area (TPSA) is 37.3 Å². The van der Waals surface area contributed by atoms with Gasteiger partial charge in [-0.25, -0.2) is 0 Å². The maximum absolute atomic E-state index is 11.8. The normalized spacial score (nSPS) is 21.6.